The molecule has 0 unspecified atom stereocenters. The Kier molecular flexibility index (Phi) is 4.68. The van der Waals surface area contributed by atoms with Gasteiger partial charge in [0.05, 0.1) is 6.21 Å². The van der Waals surface area contributed by atoms with Gasteiger partial charge in [0.25, 0.3) is 5.91 Å². The number of H-pyrrole nitrogens is 1. The lowest BCUT2D eigenvalue weighted by molar-refractivity contribution is 0.0951. The van der Waals surface area contributed by atoms with Crippen molar-refractivity contribution >= 4 is 34.6 Å². The molecule has 6 heteroatoms. The zero-order chi connectivity index (χ0) is 18.6. The first-order chi connectivity index (χ1) is 13.2. The van der Waals surface area contributed by atoms with Gasteiger partial charge in [-0.15, -0.1) is 0 Å². The predicted molar refractivity (Wildman–Crippen MR) is 108 cm³/mol. The van der Waals surface area contributed by atoms with E-state index >= 15 is 0 Å². The third-order valence-electron chi connectivity index (χ3n) is 4.15. The van der Waals surface area contributed by atoms with Crippen LogP contribution in [0.2, 0.25) is 5.02 Å². The molecule has 2 heterocycles. The minimum Gasteiger partial charge on any atom is -0.350 e. The number of fused-ring (bicyclic) bond motifs is 1. The van der Waals surface area contributed by atoms with Gasteiger partial charge >= 0.3 is 0 Å². The Hall–Kier alpha value is -3.44. The highest BCUT2D eigenvalue weighted by molar-refractivity contribution is 6.30. The lowest BCUT2D eigenvalue weighted by atomic mass is 10.0. The molecule has 1 amide bonds. The number of carbonyl (C=O) groups is 1. The zero-order valence-electron chi connectivity index (χ0n) is 14.2. The van der Waals surface area contributed by atoms with Crippen molar-refractivity contribution in [3.63, 3.8) is 0 Å². The molecule has 2 N–H and O–H groups in total. The summed E-state index contributed by atoms with van der Waals surface area (Å²) in [6, 6.07) is 18.7. The number of para-hydroxylation sites is 1. The van der Waals surface area contributed by atoms with E-state index in [9.17, 15) is 4.79 Å². The molecule has 2 aromatic carbocycles. The Morgan fingerprint density at radius 3 is 2.56 bits per heavy atom. The van der Waals surface area contributed by atoms with E-state index in [-0.39, 0.29) is 5.91 Å². The normalized spacial score (nSPS) is 11.1. The standard InChI is InChI=1S/C21H15ClN4O/c22-16-7-5-14(6-8-16)13-24-26-21(27)20-19(15-9-11-23-12-10-15)17-3-1-2-4-18(17)25-20/h1-13,25H,(H,26,27)/b24-13+. The largest absolute Gasteiger partial charge is 0.350 e. The molecule has 132 valence electrons. The summed E-state index contributed by atoms with van der Waals surface area (Å²) < 4.78 is 0. The molecule has 2 aromatic heterocycles. The Morgan fingerprint density at radius 1 is 1.04 bits per heavy atom. The average Bonchev–Trinajstić information content (AvgIpc) is 3.10. The molecule has 0 saturated heterocycles. The van der Waals surface area contributed by atoms with E-state index in [1.54, 1.807) is 30.7 Å². The Bertz CT molecular complexity index is 1120. The smallest absolute Gasteiger partial charge is 0.288 e. The molecule has 0 atom stereocenters. The minimum atomic E-state index is -0.316. The molecule has 0 aliphatic rings. The third-order valence-corrected chi connectivity index (χ3v) is 4.40. The minimum absolute atomic E-state index is 0.316. The van der Waals surface area contributed by atoms with Crippen molar-refractivity contribution < 1.29 is 4.79 Å². The van der Waals surface area contributed by atoms with Gasteiger partial charge in [-0.2, -0.15) is 5.10 Å². The molecule has 0 spiro atoms. The highest BCUT2D eigenvalue weighted by Crippen LogP contribution is 2.32. The monoisotopic (exact) mass is 374 g/mol. The van der Waals surface area contributed by atoms with Crippen LogP contribution in [0.25, 0.3) is 22.0 Å². The second kappa shape index (κ2) is 7.43. The van der Waals surface area contributed by atoms with E-state index in [4.69, 9.17) is 11.6 Å². The van der Waals surface area contributed by atoms with Crippen molar-refractivity contribution in [3.8, 4) is 11.1 Å². The van der Waals surface area contributed by atoms with E-state index in [2.05, 4.69) is 20.5 Å². The number of halogens is 1. The van der Waals surface area contributed by atoms with E-state index in [0.717, 1.165) is 27.6 Å². The van der Waals surface area contributed by atoms with Crippen LogP contribution in [0.15, 0.2) is 78.2 Å². The fourth-order valence-corrected chi connectivity index (χ4v) is 3.03. The zero-order valence-corrected chi connectivity index (χ0v) is 14.9. The SMILES string of the molecule is O=C(N/N=C/c1ccc(Cl)cc1)c1[nH]c2ccccc2c1-c1ccncc1. The highest BCUT2D eigenvalue weighted by Gasteiger charge is 2.18. The van der Waals surface area contributed by atoms with Gasteiger partial charge in [-0.05, 0) is 41.5 Å². The maximum absolute atomic E-state index is 12.8. The molecule has 0 radical (unpaired) electrons. The van der Waals surface area contributed by atoms with Crippen LogP contribution in [0.4, 0.5) is 0 Å². The first-order valence-electron chi connectivity index (χ1n) is 8.32. The van der Waals surface area contributed by atoms with E-state index in [0.29, 0.717) is 10.7 Å². The van der Waals surface area contributed by atoms with Gasteiger partial charge in [0.2, 0.25) is 0 Å². The second-order valence-electron chi connectivity index (χ2n) is 5.91. The predicted octanol–water partition coefficient (Wildman–Crippen LogP) is 4.65. The molecule has 4 rings (SSSR count). The van der Waals surface area contributed by atoms with Gasteiger partial charge in [-0.3, -0.25) is 9.78 Å². The molecule has 27 heavy (non-hydrogen) atoms. The molecule has 0 aliphatic carbocycles. The summed E-state index contributed by atoms with van der Waals surface area (Å²) in [5.41, 5.74) is 6.50. The van der Waals surface area contributed by atoms with Crippen LogP contribution in [0.5, 0.6) is 0 Å². The summed E-state index contributed by atoms with van der Waals surface area (Å²) >= 11 is 5.87. The summed E-state index contributed by atoms with van der Waals surface area (Å²) in [5, 5.41) is 5.67. The number of aromatic nitrogens is 2. The Labute approximate surface area is 160 Å². The first kappa shape index (κ1) is 17.0. The number of amides is 1. The van der Waals surface area contributed by atoms with E-state index in [1.807, 2.05) is 48.5 Å². The molecule has 0 bridgehead atoms. The fraction of sp³-hybridized carbons (Fsp3) is 0. The number of nitrogens with zero attached hydrogens (tertiary/aromatic N) is 2. The van der Waals surface area contributed by atoms with Gasteiger partial charge in [0.1, 0.15) is 5.69 Å². The van der Waals surface area contributed by atoms with Crippen molar-refractivity contribution in [2.45, 2.75) is 0 Å². The second-order valence-corrected chi connectivity index (χ2v) is 6.34. The summed E-state index contributed by atoms with van der Waals surface area (Å²) in [6.45, 7) is 0. The number of rotatable bonds is 4. The number of benzene rings is 2. The van der Waals surface area contributed by atoms with Gasteiger partial charge in [-0.1, -0.05) is 41.9 Å². The molecule has 0 fully saturated rings. The third kappa shape index (κ3) is 3.59. The van der Waals surface area contributed by atoms with E-state index < -0.39 is 0 Å². The van der Waals surface area contributed by atoms with Gasteiger partial charge in [0, 0.05) is 33.9 Å². The highest BCUT2D eigenvalue weighted by atomic mass is 35.5. The molecule has 0 aliphatic heterocycles. The first-order valence-corrected chi connectivity index (χ1v) is 8.70. The van der Waals surface area contributed by atoms with E-state index in [1.165, 1.54) is 0 Å². The lowest BCUT2D eigenvalue weighted by Crippen LogP contribution is -2.18. The van der Waals surface area contributed by atoms with Crippen LogP contribution < -0.4 is 5.43 Å². The molecule has 4 aromatic rings. The number of nitrogens with one attached hydrogen (secondary N) is 2. The van der Waals surface area contributed by atoms with Crippen molar-refractivity contribution in [2.24, 2.45) is 5.10 Å². The van der Waals surface area contributed by atoms with Crippen molar-refractivity contribution in [2.75, 3.05) is 0 Å². The molecule has 5 nitrogen and oxygen atoms in total. The van der Waals surface area contributed by atoms with Crippen LogP contribution in [-0.2, 0) is 0 Å². The van der Waals surface area contributed by atoms with Crippen LogP contribution >= 0.6 is 11.6 Å². The van der Waals surface area contributed by atoms with Crippen molar-refractivity contribution in [1.82, 2.24) is 15.4 Å². The summed E-state index contributed by atoms with van der Waals surface area (Å²) in [6.07, 6.45) is 4.98. The quantitative estimate of drug-likeness (QED) is 0.403. The van der Waals surface area contributed by atoms with Crippen LogP contribution in [0.1, 0.15) is 16.1 Å². The van der Waals surface area contributed by atoms with Crippen LogP contribution in [0, 0.1) is 0 Å². The molecule has 0 saturated carbocycles. The van der Waals surface area contributed by atoms with Crippen molar-refractivity contribution in [3.05, 3.63) is 89.3 Å². The van der Waals surface area contributed by atoms with Gasteiger partial charge in [-0.25, -0.2) is 5.43 Å². The summed E-state index contributed by atoms with van der Waals surface area (Å²) in [7, 11) is 0. The number of hydrazone groups is 1. The number of hydrogen-bond acceptors (Lipinski definition) is 3. The van der Waals surface area contributed by atoms with Crippen LogP contribution in [0.3, 0.4) is 0 Å². The fourth-order valence-electron chi connectivity index (χ4n) is 2.90. The maximum Gasteiger partial charge on any atom is 0.288 e. The molecular weight excluding hydrogens is 360 g/mol. The van der Waals surface area contributed by atoms with Crippen LogP contribution in [-0.4, -0.2) is 22.1 Å². The maximum atomic E-state index is 12.8. The summed E-state index contributed by atoms with van der Waals surface area (Å²) in [4.78, 5) is 20.0. The molecular formula is C21H15ClN4O. The number of hydrogen-bond donors (Lipinski definition) is 2. The lowest BCUT2D eigenvalue weighted by Gasteiger charge is -2.04. The number of carbonyl (C=O) groups excluding carboxylic acids is 1. The van der Waals surface area contributed by atoms with Crippen molar-refractivity contribution in [1.29, 1.82) is 0 Å². The summed E-state index contributed by atoms with van der Waals surface area (Å²) in [5.74, 6) is -0.316. The number of aromatic amines is 1. The van der Waals surface area contributed by atoms with Gasteiger partial charge in [0.15, 0.2) is 0 Å². The Balaban J connectivity index is 1.66. The number of pyridine rings is 1. The Morgan fingerprint density at radius 2 is 1.78 bits per heavy atom. The van der Waals surface area contributed by atoms with Gasteiger partial charge < -0.3 is 4.98 Å². The average molecular weight is 375 g/mol. The topological polar surface area (TPSA) is 70.1 Å².